The molecule has 0 aliphatic carbocycles. The average molecular weight is 203 g/mol. The fourth-order valence-corrected chi connectivity index (χ4v) is 1.61. The first-order valence-corrected chi connectivity index (χ1v) is 4.93. The molecule has 1 aromatic rings. The lowest BCUT2D eigenvalue weighted by Gasteiger charge is -2.23. The van der Waals surface area contributed by atoms with E-state index in [1.807, 2.05) is 30.3 Å². The normalized spacial score (nSPS) is 15.5. The van der Waals surface area contributed by atoms with Crippen molar-refractivity contribution in [1.82, 2.24) is 0 Å². The highest BCUT2D eigenvalue weighted by atomic mass is 16.5. The number of amides is 1. The number of nitrogens with zero attached hydrogens (tertiary/aromatic N) is 1. The van der Waals surface area contributed by atoms with Crippen LogP contribution >= 0.6 is 0 Å². The Morgan fingerprint density at radius 2 is 2.00 bits per heavy atom. The van der Waals surface area contributed by atoms with Gasteiger partial charge >= 0.3 is 0 Å². The Morgan fingerprint density at radius 1 is 1.27 bits per heavy atom. The topological polar surface area (TPSA) is 29.5 Å². The molecule has 15 heavy (non-hydrogen) atoms. The smallest absolute Gasteiger partial charge is 0.250 e. The Hall–Kier alpha value is -1.77. The van der Waals surface area contributed by atoms with Gasteiger partial charge in [-0.3, -0.25) is 4.79 Å². The number of anilines is 1. The number of rotatable bonds is 2. The monoisotopic (exact) mass is 203 g/mol. The van der Waals surface area contributed by atoms with E-state index < -0.39 is 0 Å². The highest BCUT2D eigenvalue weighted by molar-refractivity contribution is 6.02. The maximum absolute atomic E-state index is 11.6. The lowest BCUT2D eigenvalue weighted by Crippen LogP contribution is -2.32. The van der Waals surface area contributed by atoms with Crippen molar-refractivity contribution in [3.63, 3.8) is 0 Å². The largest absolute Gasteiger partial charge is 0.497 e. The fraction of sp³-hybridized carbons (Fsp3) is 0.250. The van der Waals surface area contributed by atoms with E-state index in [4.69, 9.17) is 4.74 Å². The summed E-state index contributed by atoms with van der Waals surface area (Å²) >= 11 is 0. The van der Waals surface area contributed by atoms with E-state index in [1.165, 1.54) is 0 Å². The van der Waals surface area contributed by atoms with E-state index >= 15 is 0 Å². The zero-order chi connectivity index (χ0) is 10.7. The van der Waals surface area contributed by atoms with E-state index in [0.717, 1.165) is 24.4 Å². The second-order valence-corrected chi connectivity index (χ2v) is 3.38. The zero-order valence-corrected chi connectivity index (χ0v) is 8.64. The first kappa shape index (κ1) is 9.77. The quantitative estimate of drug-likeness (QED) is 0.735. The summed E-state index contributed by atoms with van der Waals surface area (Å²) in [5, 5.41) is 0. The number of carbonyl (C=O) groups is 1. The number of methoxy groups -OCH3 is 1. The second-order valence-electron chi connectivity index (χ2n) is 3.38. The van der Waals surface area contributed by atoms with Crippen LogP contribution in [0.15, 0.2) is 36.4 Å². The molecule has 1 heterocycles. The van der Waals surface area contributed by atoms with Gasteiger partial charge < -0.3 is 9.64 Å². The van der Waals surface area contributed by atoms with E-state index in [0.29, 0.717) is 0 Å². The summed E-state index contributed by atoms with van der Waals surface area (Å²) in [6.45, 7) is 0.752. The van der Waals surface area contributed by atoms with Crippen LogP contribution in [0.1, 0.15) is 6.42 Å². The van der Waals surface area contributed by atoms with Gasteiger partial charge in [-0.15, -0.1) is 0 Å². The highest BCUT2D eigenvalue weighted by Gasteiger charge is 2.15. The van der Waals surface area contributed by atoms with E-state index in [9.17, 15) is 4.79 Å². The fourth-order valence-electron chi connectivity index (χ4n) is 1.61. The Morgan fingerprint density at radius 3 is 2.60 bits per heavy atom. The molecular formula is C12H13NO2. The third-order valence-electron chi connectivity index (χ3n) is 2.43. The summed E-state index contributed by atoms with van der Waals surface area (Å²) < 4.78 is 5.07. The van der Waals surface area contributed by atoms with Gasteiger partial charge in [0.2, 0.25) is 0 Å². The van der Waals surface area contributed by atoms with Gasteiger partial charge in [0.1, 0.15) is 5.75 Å². The molecule has 0 unspecified atom stereocenters. The van der Waals surface area contributed by atoms with E-state index in [2.05, 4.69) is 0 Å². The maximum atomic E-state index is 11.6. The van der Waals surface area contributed by atoms with Crippen LogP contribution in [0.25, 0.3) is 0 Å². The van der Waals surface area contributed by atoms with Crippen LogP contribution in [0.3, 0.4) is 0 Å². The molecule has 1 aliphatic heterocycles. The SMILES string of the molecule is COc1ccc(N2CCC=CC2=O)cc1. The average Bonchev–Trinajstić information content (AvgIpc) is 2.30. The number of hydrogen-bond donors (Lipinski definition) is 0. The van der Waals surface area contributed by atoms with Crippen LogP contribution in [0.5, 0.6) is 5.75 Å². The number of carbonyl (C=O) groups excluding carboxylic acids is 1. The van der Waals surface area contributed by atoms with Crippen molar-refractivity contribution < 1.29 is 9.53 Å². The van der Waals surface area contributed by atoms with Crippen LogP contribution in [-0.4, -0.2) is 19.6 Å². The Bertz CT molecular complexity index is 381. The second kappa shape index (κ2) is 4.17. The van der Waals surface area contributed by atoms with Crippen LogP contribution in [0.4, 0.5) is 5.69 Å². The summed E-state index contributed by atoms with van der Waals surface area (Å²) in [5.41, 5.74) is 0.921. The molecule has 0 spiro atoms. The van der Waals surface area contributed by atoms with Crippen molar-refractivity contribution in [3.05, 3.63) is 36.4 Å². The molecule has 0 bridgehead atoms. The van der Waals surface area contributed by atoms with Crippen LogP contribution < -0.4 is 9.64 Å². The highest BCUT2D eigenvalue weighted by Crippen LogP contribution is 2.21. The van der Waals surface area contributed by atoms with E-state index in [-0.39, 0.29) is 5.91 Å². The minimum atomic E-state index is 0.0476. The lowest BCUT2D eigenvalue weighted by molar-refractivity contribution is -0.114. The first-order chi connectivity index (χ1) is 7.31. The lowest BCUT2D eigenvalue weighted by atomic mass is 10.2. The van der Waals surface area contributed by atoms with Gasteiger partial charge in [0.15, 0.2) is 0 Å². The molecule has 0 N–H and O–H groups in total. The van der Waals surface area contributed by atoms with Crippen molar-refractivity contribution in [2.75, 3.05) is 18.6 Å². The van der Waals surface area contributed by atoms with E-state index in [1.54, 1.807) is 18.1 Å². The van der Waals surface area contributed by atoms with Crippen molar-refractivity contribution in [2.45, 2.75) is 6.42 Å². The molecule has 0 atom stereocenters. The van der Waals surface area contributed by atoms with Gasteiger partial charge in [-0.2, -0.15) is 0 Å². The molecule has 78 valence electrons. The standard InChI is InChI=1S/C12H13NO2/c1-15-11-7-5-10(6-8-11)13-9-3-2-4-12(13)14/h2,4-8H,3,9H2,1H3. The van der Waals surface area contributed by atoms with Gasteiger partial charge in [0, 0.05) is 12.2 Å². The molecule has 1 amide bonds. The van der Waals surface area contributed by atoms with Gasteiger partial charge in [-0.1, -0.05) is 6.08 Å². The molecule has 0 aromatic heterocycles. The van der Waals surface area contributed by atoms with Crippen LogP contribution in [0.2, 0.25) is 0 Å². The molecule has 0 saturated heterocycles. The molecular weight excluding hydrogens is 190 g/mol. The van der Waals surface area contributed by atoms with Crippen molar-refractivity contribution in [1.29, 1.82) is 0 Å². The Labute approximate surface area is 89.0 Å². The Balaban J connectivity index is 2.22. The number of benzene rings is 1. The van der Waals surface area contributed by atoms with Gasteiger partial charge in [0.05, 0.1) is 7.11 Å². The minimum absolute atomic E-state index is 0.0476. The van der Waals surface area contributed by atoms with Gasteiger partial charge in [-0.05, 0) is 36.8 Å². The summed E-state index contributed by atoms with van der Waals surface area (Å²) in [6.07, 6.45) is 4.44. The molecule has 0 fully saturated rings. The van der Waals surface area contributed by atoms with Crippen LogP contribution in [-0.2, 0) is 4.79 Å². The van der Waals surface area contributed by atoms with Crippen molar-refractivity contribution >= 4 is 11.6 Å². The molecule has 1 aliphatic rings. The predicted molar refractivity (Wildman–Crippen MR) is 59.1 cm³/mol. The first-order valence-electron chi connectivity index (χ1n) is 4.93. The zero-order valence-electron chi connectivity index (χ0n) is 8.64. The van der Waals surface area contributed by atoms with Gasteiger partial charge in [0.25, 0.3) is 5.91 Å². The van der Waals surface area contributed by atoms with Crippen molar-refractivity contribution in [3.8, 4) is 5.75 Å². The summed E-state index contributed by atoms with van der Waals surface area (Å²) in [4.78, 5) is 13.3. The third-order valence-corrected chi connectivity index (χ3v) is 2.43. The number of hydrogen-bond acceptors (Lipinski definition) is 2. The Kier molecular flexibility index (Phi) is 2.72. The maximum Gasteiger partial charge on any atom is 0.250 e. The number of ether oxygens (including phenoxy) is 1. The van der Waals surface area contributed by atoms with Crippen molar-refractivity contribution in [2.24, 2.45) is 0 Å². The minimum Gasteiger partial charge on any atom is -0.497 e. The molecule has 3 heteroatoms. The molecule has 3 nitrogen and oxygen atoms in total. The molecule has 1 aromatic carbocycles. The molecule has 2 rings (SSSR count). The summed E-state index contributed by atoms with van der Waals surface area (Å²) in [7, 11) is 1.63. The molecule has 0 saturated carbocycles. The van der Waals surface area contributed by atoms with Gasteiger partial charge in [-0.25, -0.2) is 0 Å². The summed E-state index contributed by atoms with van der Waals surface area (Å²) in [5.74, 6) is 0.852. The third kappa shape index (κ3) is 2.01. The predicted octanol–water partition coefficient (Wildman–Crippen LogP) is 1.99. The van der Waals surface area contributed by atoms with Crippen LogP contribution in [0, 0.1) is 0 Å². The summed E-state index contributed by atoms with van der Waals surface area (Å²) in [6, 6.07) is 7.52. The molecule has 0 radical (unpaired) electrons.